The Kier molecular flexibility index (Phi) is 5.19. The number of ether oxygens (including phenoxy) is 1. The van der Waals surface area contributed by atoms with Crippen LogP contribution in [-0.4, -0.2) is 37.3 Å². The molecule has 1 saturated heterocycles. The molecule has 1 aliphatic heterocycles. The summed E-state index contributed by atoms with van der Waals surface area (Å²) in [5.41, 5.74) is -1.81. The van der Waals surface area contributed by atoms with E-state index in [4.69, 9.17) is 0 Å². The Labute approximate surface area is 139 Å². The first-order valence-electron chi connectivity index (χ1n) is 7.43. The number of pyridine rings is 1. The number of piperidine rings is 1. The second-order valence-corrected chi connectivity index (χ2v) is 5.79. The lowest BCUT2D eigenvalue weighted by molar-refractivity contribution is -0.179. The zero-order valence-corrected chi connectivity index (χ0v) is 13.5. The lowest BCUT2D eigenvalue weighted by Gasteiger charge is -2.34. The molecular weight excluding hydrogens is 354 g/mol. The van der Waals surface area contributed by atoms with Crippen LogP contribution in [0.15, 0.2) is 6.20 Å². The standard InChI is InChI=1S/C15H16F6N2O2/c1-8-10(15(19,20)21)7-22-12(11(8)13(24)25-2)23-5-3-9(4-6-23)14(16,17)18/h7,9H,3-6H2,1-2H3. The van der Waals surface area contributed by atoms with Gasteiger partial charge in [0.15, 0.2) is 0 Å². The molecule has 0 saturated carbocycles. The van der Waals surface area contributed by atoms with Gasteiger partial charge in [0.1, 0.15) is 11.4 Å². The molecule has 0 aliphatic carbocycles. The van der Waals surface area contributed by atoms with E-state index < -0.39 is 29.8 Å². The maximum atomic E-state index is 13.0. The van der Waals surface area contributed by atoms with E-state index in [0.717, 1.165) is 14.0 Å². The molecule has 10 heteroatoms. The number of rotatable bonds is 2. The van der Waals surface area contributed by atoms with Crippen molar-refractivity contribution in [1.82, 2.24) is 4.98 Å². The van der Waals surface area contributed by atoms with Crippen molar-refractivity contribution in [2.45, 2.75) is 32.1 Å². The summed E-state index contributed by atoms with van der Waals surface area (Å²) in [6, 6.07) is 0. The third-order valence-corrected chi connectivity index (χ3v) is 4.27. The van der Waals surface area contributed by atoms with Gasteiger partial charge >= 0.3 is 18.3 Å². The Bertz CT molecular complexity index is 649. The van der Waals surface area contributed by atoms with Crippen LogP contribution in [0.25, 0.3) is 0 Å². The fourth-order valence-electron chi connectivity index (χ4n) is 2.88. The highest BCUT2D eigenvalue weighted by atomic mass is 19.4. The van der Waals surface area contributed by atoms with E-state index in [1.165, 1.54) is 4.90 Å². The third kappa shape index (κ3) is 3.98. The second-order valence-electron chi connectivity index (χ2n) is 5.79. The number of carbonyl (C=O) groups excluding carboxylic acids is 1. The zero-order chi connectivity index (χ0) is 19.0. The molecule has 1 aromatic heterocycles. The maximum Gasteiger partial charge on any atom is 0.418 e. The van der Waals surface area contributed by atoms with Gasteiger partial charge in [0, 0.05) is 19.3 Å². The molecule has 0 bridgehead atoms. The average Bonchev–Trinajstić information content (AvgIpc) is 2.52. The Morgan fingerprint density at radius 2 is 1.76 bits per heavy atom. The van der Waals surface area contributed by atoms with Gasteiger partial charge < -0.3 is 9.64 Å². The number of hydrogen-bond donors (Lipinski definition) is 0. The number of hydrogen-bond acceptors (Lipinski definition) is 4. The molecule has 4 nitrogen and oxygen atoms in total. The predicted molar refractivity (Wildman–Crippen MR) is 76.3 cm³/mol. The number of anilines is 1. The van der Waals surface area contributed by atoms with E-state index in [-0.39, 0.29) is 42.9 Å². The van der Waals surface area contributed by atoms with Gasteiger partial charge in [-0.2, -0.15) is 26.3 Å². The summed E-state index contributed by atoms with van der Waals surface area (Å²) < 4.78 is 81.8. The van der Waals surface area contributed by atoms with Crippen molar-refractivity contribution in [3.8, 4) is 0 Å². The number of methoxy groups -OCH3 is 1. The number of aromatic nitrogens is 1. The van der Waals surface area contributed by atoms with Crippen LogP contribution in [0.5, 0.6) is 0 Å². The normalized spacial score (nSPS) is 16.9. The quantitative estimate of drug-likeness (QED) is 0.584. The minimum Gasteiger partial charge on any atom is -0.465 e. The molecule has 140 valence electrons. The van der Waals surface area contributed by atoms with Crippen LogP contribution in [0.4, 0.5) is 32.2 Å². The first-order valence-corrected chi connectivity index (χ1v) is 7.43. The Hall–Kier alpha value is -2.00. The summed E-state index contributed by atoms with van der Waals surface area (Å²) in [6.07, 6.45) is -8.87. The van der Waals surface area contributed by atoms with Crippen molar-refractivity contribution in [2.24, 2.45) is 5.92 Å². The first-order chi connectivity index (χ1) is 11.5. The molecule has 2 heterocycles. The molecular formula is C15H16F6N2O2. The number of esters is 1. The molecule has 0 atom stereocenters. The van der Waals surface area contributed by atoms with Crippen molar-refractivity contribution in [2.75, 3.05) is 25.1 Å². The highest BCUT2D eigenvalue weighted by molar-refractivity contribution is 5.96. The summed E-state index contributed by atoms with van der Waals surface area (Å²) >= 11 is 0. The van der Waals surface area contributed by atoms with E-state index in [0.29, 0.717) is 6.20 Å². The Morgan fingerprint density at radius 3 is 2.20 bits per heavy atom. The molecule has 0 N–H and O–H groups in total. The lowest BCUT2D eigenvalue weighted by Crippen LogP contribution is -2.40. The van der Waals surface area contributed by atoms with E-state index in [2.05, 4.69) is 9.72 Å². The van der Waals surface area contributed by atoms with Crippen molar-refractivity contribution >= 4 is 11.8 Å². The zero-order valence-electron chi connectivity index (χ0n) is 13.5. The highest BCUT2D eigenvalue weighted by Gasteiger charge is 2.42. The lowest BCUT2D eigenvalue weighted by atomic mass is 9.95. The summed E-state index contributed by atoms with van der Waals surface area (Å²) in [5.74, 6) is -2.57. The van der Waals surface area contributed by atoms with Crippen molar-refractivity contribution < 1.29 is 35.9 Å². The molecule has 2 rings (SSSR count). The van der Waals surface area contributed by atoms with Gasteiger partial charge in [0.05, 0.1) is 18.6 Å². The summed E-state index contributed by atoms with van der Waals surface area (Å²) in [7, 11) is 1.02. The summed E-state index contributed by atoms with van der Waals surface area (Å²) in [5, 5.41) is 0. The van der Waals surface area contributed by atoms with Crippen LogP contribution >= 0.6 is 0 Å². The number of alkyl halides is 6. The van der Waals surface area contributed by atoms with Crippen LogP contribution in [-0.2, 0) is 10.9 Å². The van der Waals surface area contributed by atoms with Gasteiger partial charge in [-0.05, 0) is 25.3 Å². The minimum absolute atomic E-state index is 0.0635. The minimum atomic E-state index is -4.71. The van der Waals surface area contributed by atoms with Crippen molar-refractivity contribution in [3.63, 3.8) is 0 Å². The molecule has 0 unspecified atom stereocenters. The fourth-order valence-corrected chi connectivity index (χ4v) is 2.88. The van der Waals surface area contributed by atoms with Crippen LogP contribution in [0.2, 0.25) is 0 Å². The Morgan fingerprint density at radius 1 is 1.20 bits per heavy atom. The summed E-state index contributed by atoms with van der Waals surface area (Å²) in [4.78, 5) is 17.1. The van der Waals surface area contributed by atoms with Gasteiger partial charge in [-0.25, -0.2) is 9.78 Å². The molecule has 0 radical (unpaired) electrons. The molecule has 1 aromatic rings. The highest BCUT2D eigenvalue weighted by Crippen LogP contribution is 2.38. The second kappa shape index (κ2) is 6.72. The van der Waals surface area contributed by atoms with Gasteiger partial charge in [-0.3, -0.25) is 0 Å². The molecule has 0 spiro atoms. The van der Waals surface area contributed by atoms with Gasteiger partial charge in [-0.15, -0.1) is 0 Å². The van der Waals surface area contributed by atoms with Crippen LogP contribution < -0.4 is 4.90 Å². The number of halogens is 6. The molecule has 0 aromatic carbocycles. The number of carbonyl (C=O) groups is 1. The third-order valence-electron chi connectivity index (χ3n) is 4.27. The van der Waals surface area contributed by atoms with E-state index >= 15 is 0 Å². The van der Waals surface area contributed by atoms with Gasteiger partial charge in [0.2, 0.25) is 0 Å². The molecule has 1 fully saturated rings. The van der Waals surface area contributed by atoms with E-state index in [1.54, 1.807) is 0 Å². The van der Waals surface area contributed by atoms with Crippen LogP contribution in [0.3, 0.4) is 0 Å². The SMILES string of the molecule is COC(=O)c1c(N2CCC(C(F)(F)F)CC2)ncc(C(F)(F)F)c1C. The fraction of sp³-hybridized carbons (Fsp3) is 0.600. The Balaban J connectivity index is 2.39. The van der Waals surface area contributed by atoms with E-state index in [1.807, 2.05) is 0 Å². The summed E-state index contributed by atoms with van der Waals surface area (Å²) in [6.45, 7) is 0.987. The average molecular weight is 370 g/mol. The van der Waals surface area contributed by atoms with Crippen molar-refractivity contribution in [3.05, 3.63) is 22.9 Å². The van der Waals surface area contributed by atoms with Gasteiger partial charge in [-0.1, -0.05) is 0 Å². The van der Waals surface area contributed by atoms with Crippen molar-refractivity contribution in [1.29, 1.82) is 0 Å². The van der Waals surface area contributed by atoms with E-state index in [9.17, 15) is 31.1 Å². The molecule has 25 heavy (non-hydrogen) atoms. The predicted octanol–water partition coefficient (Wildman–Crippen LogP) is 3.97. The van der Waals surface area contributed by atoms with Gasteiger partial charge in [0.25, 0.3) is 0 Å². The monoisotopic (exact) mass is 370 g/mol. The molecule has 0 amide bonds. The van der Waals surface area contributed by atoms with Crippen LogP contribution in [0, 0.1) is 12.8 Å². The number of nitrogens with zero attached hydrogens (tertiary/aromatic N) is 2. The maximum absolute atomic E-state index is 13.0. The topological polar surface area (TPSA) is 42.4 Å². The molecule has 1 aliphatic rings. The smallest absolute Gasteiger partial charge is 0.418 e. The first kappa shape index (κ1) is 19.3. The van der Waals surface area contributed by atoms with Crippen LogP contribution in [0.1, 0.15) is 34.3 Å². The largest absolute Gasteiger partial charge is 0.465 e.